The number of nitrogens with one attached hydrogen (secondary N) is 2. The van der Waals surface area contributed by atoms with Gasteiger partial charge in [0.1, 0.15) is 5.60 Å². The highest BCUT2D eigenvalue weighted by molar-refractivity contribution is 7.91. The van der Waals surface area contributed by atoms with Crippen molar-refractivity contribution in [3.05, 3.63) is 0 Å². The minimum atomic E-state index is -2.53. The fourth-order valence-corrected chi connectivity index (χ4v) is 1.15. The standard InChI is InChI=1S/C8H18N2O3S/c1-8(2,3)13-7(11)10-5-6-14(4,9)12/h9H,5-6H2,1-4H3,(H,10,11). The van der Waals surface area contributed by atoms with Crippen molar-refractivity contribution in [1.82, 2.24) is 5.32 Å². The Balaban J connectivity index is 3.77. The van der Waals surface area contributed by atoms with Crippen molar-refractivity contribution in [2.24, 2.45) is 0 Å². The van der Waals surface area contributed by atoms with Gasteiger partial charge >= 0.3 is 6.09 Å². The smallest absolute Gasteiger partial charge is 0.407 e. The normalized spacial score (nSPS) is 15.7. The molecule has 0 aromatic heterocycles. The largest absolute Gasteiger partial charge is 0.444 e. The molecule has 1 unspecified atom stereocenters. The van der Waals surface area contributed by atoms with Crippen molar-refractivity contribution >= 4 is 15.8 Å². The average Bonchev–Trinajstić information content (AvgIpc) is 1.78. The molecule has 5 nitrogen and oxygen atoms in total. The van der Waals surface area contributed by atoms with Crippen LogP contribution in [0.2, 0.25) is 0 Å². The second-order valence-corrected chi connectivity index (χ2v) is 6.56. The van der Waals surface area contributed by atoms with Gasteiger partial charge < -0.3 is 10.1 Å². The van der Waals surface area contributed by atoms with Crippen molar-refractivity contribution in [3.63, 3.8) is 0 Å². The van der Waals surface area contributed by atoms with Crippen LogP contribution in [0.4, 0.5) is 4.79 Å². The summed E-state index contributed by atoms with van der Waals surface area (Å²) in [5, 5.41) is 2.44. The summed E-state index contributed by atoms with van der Waals surface area (Å²) >= 11 is 0. The van der Waals surface area contributed by atoms with Gasteiger partial charge in [-0.25, -0.2) is 4.79 Å². The first-order chi connectivity index (χ1) is 6.10. The summed E-state index contributed by atoms with van der Waals surface area (Å²) in [7, 11) is -2.53. The van der Waals surface area contributed by atoms with Gasteiger partial charge in [-0.05, 0) is 20.8 Å². The highest BCUT2D eigenvalue weighted by Crippen LogP contribution is 2.06. The molecule has 0 saturated heterocycles. The molecular weight excluding hydrogens is 204 g/mol. The third-order valence-electron chi connectivity index (χ3n) is 1.16. The summed E-state index contributed by atoms with van der Waals surface area (Å²) in [6, 6.07) is 0. The van der Waals surface area contributed by atoms with E-state index in [1.807, 2.05) is 0 Å². The quantitative estimate of drug-likeness (QED) is 0.752. The average molecular weight is 222 g/mol. The van der Waals surface area contributed by atoms with Gasteiger partial charge in [-0.3, -0.25) is 8.99 Å². The molecule has 0 aliphatic heterocycles. The van der Waals surface area contributed by atoms with Gasteiger partial charge in [-0.15, -0.1) is 0 Å². The molecule has 0 spiro atoms. The molecule has 0 saturated carbocycles. The van der Waals surface area contributed by atoms with Crippen molar-refractivity contribution < 1.29 is 13.7 Å². The van der Waals surface area contributed by atoms with Crippen LogP contribution < -0.4 is 5.32 Å². The fourth-order valence-electron chi connectivity index (χ4n) is 0.662. The van der Waals surface area contributed by atoms with Gasteiger partial charge in [0.25, 0.3) is 0 Å². The minimum Gasteiger partial charge on any atom is -0.444 e. The third-order valence-corrected chi connectivity index (χ3v) is 2.14. The molecule has 0 aromatic carbocycles. The van der Waals surface area contributed by atoms with Crippen LogP contribution in [0.5, 0.6) is 0 Å². The molecular formula is C8H18N2O3S. The van der Waals surface area contributed by atoms with E-state index in [0.717, 1.165) is 0 Å². The predicted molar refractivity (Wildman–Crippen MR) is 55.9 cm³/mol. The summed E-state index contributed by atoms with van der Waals surface area (Å²) in [5.41, 5.74) is -0.529. The van der Waals surface area contributed by atoms with E-state index in [1.165, 1.54) is 6.26 Å². The summed E-state index contributed by atoms with van der Waals surface area (Å²) in [4.78, 5) is 11.1. The molecule has 0 aromatic rings. The Morgan fingerprint density at radius 1 is 1.50 bits per heavy atom. The van der Waals surface area contributed by atoms with Gasteiger partial charge in [0.15, 0.2) is 0 Å². The van der Waals surface area contributed by atoms with Gasteiger partial charge in [0.2, 0.25) is 0 Å². The maximum absolute atomic E-state index is 11.1. The van der Waals surface area contributed by atoms with E-state index in [1.54, 1.807) is 20.8 Å². The lowest BCUT2D eigenvalue weighted by atomic mass is 10.2. The van der Waals surface area contributed by atoms with Gasteiger partial charge in [0, 0.05) is 28.3 Å². The van der Waals surface area contributed by atoms with E-state index < -0.39 is 21.4 Å². The number of amides is 1. The van der Waals surface area contributed by atoms with E-state index in [9.17, 15) is 9.00 Å². The number of carbonyl (C=O) groups is 1. The molecule has 1 amide bonds. The number of alkyl carbamates (subject to hydrolysis) is 1. The second-order valence-electron chi connectivity index (χ2n) is 4.14. The van der Waals surface area contributed by atoms with Gasteiger partial charge in [0.05, 0.1) is 0 Å². The summed E-state index contributed by atoms with van der Waals surface area (Å²) in [6.45, 7) is 5.49. The minimum absolute atomic E-state index is 0.145. The number of ether oxygens (including phenoxy) is 1. The van der Waals surface area contributed by atoms with Crippen molar-refractivity contribution in [2.45, 2.75) is 26.4 Å². The summed E-state index contributed by atoms with van der Waals surface area (Å²) in [5.74, 6) is 0.145. The number of rotatable bonds is 3. The zero-order valence-corrected chi connectivity index (χ0v) is 9.86. The Morgan fingerprint density at radius 2 is 2.00 bits per heavy atom. The lowest BCUT2D eigenvalue weighted by Gasteiger charge is -2.19. The fraction of sp³-hybridized carbons (Fsp3) is 0.875. The highest BCUT2D eigenvalue weighted by Gasteiger charge is 2.15. The van der Waals surface area contributed by atoms with Gasteiger partial charge in [-0.1, -0.05) is 0 Å². The van der Waals surface area contributed by atoms with Crippen LogP contribution in [0.3, 0.4) is 0 Å². The van der Waals surface area contributed by atoms with E-state index in [2.05, 4.69) is 5.32 Å². The Hall–Kier alpha value is -0.780. The van der Waals surface area contributed by atoms with Crippen LogP contribution in [0.25, 0.3) is 0 Å². The first kappa shape index (κ1) is 13.2. The predicted octanol–water partition coefficient (Wildman–Crippen LogP) is 1.19. The van der Waals surface area contributed by atoms with Crippen LogP contribution in [0.1, 0.15) is 20.8 Å². The van der Waals surface area contributed by atoms with Crippen LogP contribution in [0, 0.1) is 4.78 Å². The summed E-state index contributed by atoms with van der Waals surface area (Å²) in [6.07, 6.45) is 0.796. The van der Waals surface area contributed by atoms with E-state index in [-0.39, 0.29) is 12.3 Å². The third kappa shape index (κ3) is 9.31. The van der Waals surface area contributed by atoms with E-state index in [0.29, 0.717) is 0 Å². The van der Waals surface area contributed by atoms with Crippen molar-refractivity contribution in [3.8, 4) is 0 Å². The molecule has 0 aliphatic rings. The molecule has 0 bridgehead atoms. The van der Waals surface area contributed by atoms with Crippen LogP contribution in [-0.4, -0.2) is 34.5 Å². The monoisotopic (exact) mass is 222 g/mol. The maximum atomic E-state index is 11.1. The molecule has 0 fully saturated rings. The number of hydrogen-bond donors (Lipinski definition) is 2. The Kier molecular flexibility index (Phi) is 4.38. The number of hydrogen-bond acceptors (Lipinski definition) is 4. The first-order valence-corrected chi connectivity index (χ1v) is 6.42. The highest BCUT2D eigenvalue weighted by atomic mass is 32.2. The van der Waals surface area contributed by atoms with Gasteiger partial charge in [-0.2, -0.15) is 0 Å². The van der Waals surface area contributed by atoms with Crippen LogP contribution in [0.15, 0.2) is 0 Å². The Bertz CT molecular complexity index is 290. The molecule has 6 heteroatoms. The van der Waals surface area contributed by atoms with E-state index >= 15 is 0 Å². The Morgan fingerprint density at radius 3 is 2.36 bits per heavy atom. The zero-order valence-electron chi connectivity index (χ0n) is 9.05. The topological polar surface area (TPSA) is 79.2 Å². The van der Waals surface area contributed by atoms with Crippen molar-refractivity contribution in [1.29, 1.82) is 4.78 Å². The molecule has 0 radical (unpaired) electrons. The lowest BCUT2D eigenvalue weighted by Crippen LogP contribution is -2.34. The molecule has 0 rings (SSSR count). The first-order valence-electron chi connectivity index (χ1n) is 4.28. The van der Waals surface area contributed by atoms with E-state index in [4.69, 9.17) is 9.52 Å². The number of carbonyl (C=O) groups excluding carboxylic acids is 1. The molecule has 1 atom stereocenters. The van der Waals surface area contributed by atoms with Crippen molar-refractivity contribution in [2.75, 3.05) is 18.6 Å². The second kappa shape index (κ2) is 4.63. The molecule has 0 heterocycles. The van der Waals surface area contributed by atoms with Crippen LogP contribution >= 0.6 is 0 Å². The lowest BCUT2D eigenvalue weighted by molar-refractivity contribution is 0.0531. The summed E-state index contributed by atoms with van der Waals surface area (Å²) < 4.78 is 23.0. The SMILES string of the molecule is CC(C)(C)OC(=O)NCCS(C)(=N)=O. The maximum Gasteiger partial charge on any atom is 0.407 e. The molecule has 84 valence electrons. The molecule has 0 aliphatic carbocycles. The molecule has 14 heavy (non-hydrogen) atoms. The zero-order chi connectivity index (χ0) is 11.4. The Labute approximate surface area is 85.2 Å². The van der Waals surface area contributed by atoms with Crippen LogP contribution in [-0.2, 0) is 14.5 Å². The molecule has 2 N–H and O–H groups in total.